The van der Waals surface area contributed by atoms with Crippen molar-refractivity contribution >= 4 is 17.1 Å². The first kappa shape index (κ1) is 35.6. The Bertz CT molecular complexity index is 3180. The first-order valence-electron chi connectivity index (χ1n) is 21.3. The van der Waals surface area contributed by atoms with E-state index in [1.807, 2.05) is 6.07 Å². The Labute approximate surface area is 357 Å². The van der Waals surface area contributed by atoms with Gasteiger partial charge in [0.05, 0.1) is 5.41 Å². The monoisotopic (exact) mass is 783 g/mol. The highest BCUT2D eigenvalue weighted by atomic mass is 19.1. The van der Waals surface area contributed by atoms with Crippen LogP contribution in [0.2, 0.25) is 0 Å². The Balaban J connectivity index is 1.03. The number of nitrogens with zero attached hydrogens (tertiary/aromatic N) is 1. The molecule has 0 saturated carbocycles. The average Bonchev–Trinajstić information content (AvgIpc) is 3.85. The normalized spacial score (nSPS) is 15.7. The molecular weight excluding hydrogens is 742 g/mol. The Morgan fingerprint density at radius 1 is 0.361 bits per heavy atom. The van der Waals surface area contributed by atoms with Gasteiger partial charge in [-0.05, 0) is 144 Å². The fourth-order valence-corrected chi connectivity index (χ4v) is 11.1. The van der Waals surface area contributed by atoms with Gasteiger partial charge in [-0.15, -0.1) is 0 Å². The van der Waals surface area contributed by atoms with E-state index < -0.39 is 5.41 Å². The molecule has 0 N–H and O–H groups in total. The van der Waals surface area contributed by atoms with Crippen molar-refractivity contribution in [2.45, 2.75) is 31.6 Å². The molecule has 0 fully saturated rings. The summed E-state index contributed by atoms with van der Waals surface area (Å²) in [5.41, 5.74) is 23.0. The van der Waals surface area contributed by atoms with E-state index in [4.69, 9.17) is 0 Å². The second-order valence-corrected chi connectivity index (χ2v) is 17.5. The number of aryl methyl sites for hydroxylation is 1. The van der Waals surface area contributed by atoms with E-state index in [2.05, 4.69) is 208 Å². The van der Waals surface area contributed by atoms with E-state index in [0.29, 0.717) is 0 Å². The predicted octanol–water partition coefficient (Wildman–Crippen LogP) is 15.6. The van der Waals surface area contributed by atoms with E-state index in [1.165, 1.54) is 72.3 Å². The highest BCUT2D eigenvalue weighted by Crippen LogP contribution is 2.64. The summed E-state index contributed by atoms with van der Waals surface area (Å²) in [7, 11) is 0. The van der Waals surface area contributed by atoms with Crippen molar-refractivity contribution in [3.8, 4) is 55.6 Å². The predicted molar refractivity (Wildman–Crippen MR) is 251 cm³/mol. The summed E-state index contributed by atoms with van der Waals surface area (Å²) in [6.45, 7) is 6.84. The number of hydrogen-bond acceptors (Lipinski definition) is 1. The average molecular weight is 784 g/mol. The van der Waals surface area contributed by atoms with Crippen LogP contribution in [0, 0.1) is 12.7 Å². The van der Waals surface area contributed by atoms with Gasteiger partial charge in [-0.25, -0.2) is 4.39 Å². The van der Waals surface area contributed by atoms with E-state index in [1.54, 1.807) is 12.1 Å². The molecule has 0 saturated heterocycles. The zero-order valence-corrected chi connectivity index (χ0v) is 34.4. The molecule has 0 heterocycles. The molecule has 0 aromatic heterocycles. The molecule has 3 aliphatic rings. The minimum atomic E-state index is -0.665. The van der Waals surface area contributed by atoms with Crippen molar-refractivity contribution in [2.24, 2.45) is 0 Å². The molecule has 0 aliphatic heterocycles. The van der Waals surface area contributed by atoms with Gasteiger partial charge in [0.15, 0.2) is 0 Å². The standard InChI is InChI=1S/C59H42FN/c1-37-20-31-49-50-32-25-41(60)35-56(50)59(55(49)34-37)53-19-10-8-15-47(53)51-17-11-16-45(57(51)59)40-23-28-43(29-24-40)61(42-26-21-39(22-27-42)38-12-5-4-6-13-38)44-30-33-48-46-14-7-9-18-52(46)58(2,3)54(48)36-44/h4-36H,1-3H3. The zero-order valence-electron chi connectivity index (χ0n) is 34.4. The Morgan fingerprint density at radius 2 is 0.869 bits per heavy atom. The molecule has 3 aliphatic carbocycles. The molecule has 0 bridgehead atoms. The molecule has 9 aromatic rings. The summed E-state index contributed by atoms with van der Waals surface area (Å²) in [6.07, 6.45) is 0. The first-order chi connectivity index (χ1) is 29.8. The van der Waals surface area contributed by atoms with E-state index in [-0.39, 0.29) is 11.2 Å². The summed E-state index contributed by atoms with van der Waals surface area (Å²) in [4.78, 5) is 2.39. The van der Waals surface area contributed by atoms with Crippen molar-refractivity contribution < 1.29 is 4.39 Å². The third-order valence-corrected chi connectivity index (χ3v) is 13.8. The minimum absolute atomic E-state index is 0.130. The summed E-state index contributed by atoms with van der Waals surface area (Å²) >= 11 is 0. The van der Waals surface area contributed by atoms with Crippen molar-refractivity contribution in [1.82, 2.24) is 0 Å². The summed E-state index contributed by atoms with van der Waals surface area (Å²) in [6, 6.07) is 72.0. The quantitative estimate of drug-likeness (QED) is 0.168. The minimum Gasteiger partial charge on any atom is -0.310 e. The van der Waals surface area contributed by atoms with Gasteiger partial charge >= 0.3 is 0 Å². The van der Waals surface area contributed by atoms with Gasteiger partial charge < -0.3 is 4.90 Å². The van der Waals surface area contributed by atoms with Crippen LogP contribution in [0.3, 0.4) is 0 Å². The molecule has 9 aromatic carbocycles. The Kier molecular flexibility index (Phi) is 7.66. The number of benzene rings is 9. The van der Waals surface area contributed by atoms with Crippen LogP contribution in [0.1, 0.15) is 52.8 Å². The molecule has 290 valence electrons. The highest BCUT2D eigenvalue weighted by molar-refractivity contribution is 5.99. The lowest BCUT2D eigenvalue weighted by atomic mass is 9.68. The second-order valence-electron chi connectivity index (χ2n) is 17.5. The topological polar surface area (TPSA) is 3.24 Å². The van der Waals surface area contributed by atoms with Gasteiger partial charge in [-0.1, -0.05) is 171 Å². The molecule has 1 nitrogen and oxygen atoms in total. The first-order valence-corrected chi connectivity index (χ1v) is 21.3. The Morgan fingerprint density at radius 3 is 1.61 bits per heavy atom. The third-order valence-electron chi connectivity index (χ3n) is 13.8. The van der Waals surface area contributed by atoms with Crippen molar-refractivity contribution in [3.05, 3.63) is 245 Å². The lowest BCUT2D eigenvalue weighted by molar-refractivity contribution is 0.622. The van der Waals surface area contributed by atoms with Gasteiger partial charge in [0.1, 0.15) is 5.82 Å². The van der Waals surface area contributed by atoms with E-state index >= 15 is 4.39 Å². The van der Waals surface area contributed by atoms with E-state index in [0.717, 1.165) is 39.3 Å². The number of hydrogen-bond donors (Lipinski definition) is 0. The van der Waals surface area contributed by atoms with Crippen LogP contribution in [0.15, 0.2) is 200 Å². The number of halogens is 1. The van der Waals surface area contributed by atoms with Gasteiger partial charge in [0.2, 0.25) is 0 Å². The molecule has 1 atom stereocenters. The lowest BCUT2D eigenvalue weighted by Gasteiger charge is -2.32. The van der Waals surface area contributed by atoms with Crippen LogP contribution in [0.4, 0.5) is 21.5 Å². The van der Waals surface area contributed by atoms with Crippen molar-refractivity contribution in [1.29, 1.82) is 0 Å². The van der Waals surface area contributed by atoms with Crippen LogP contribution in [-0.2, 0) is 10.8 Å². The van der Waals surface area contributed by atoms with Gasteiger partial charge in [0.25, 0.3) is 0 Å². The van der Waals surface area contributed by atoms with Crippen LogP contribution < -0.4 is 4.90 Å². The number of rotatable bonds is 5. The molecule has 0 amide bonds. The zero-order chi connectivity index (χ0) is 41.0. The van der Waals surface area contributed by atoms with Gasteiger partial charge in [-0.3, -0.25) is 0 Å². The molecule has 12 rings (SSSR count). The highest BCUT2D eigenvalue weighted by Gasteiger charge is 2.53. The van der Waals surface area contributed by atoms with Crippen LogP contribution >= 0.6 is 0 Å². The van der Waals surface area contributed by atoms with Crippen molar-refractivity contribution in [2.75, 3.05) is 4.90 Å². The molecular formula is C59H42FN. The lowest BCUT2D eigenvalue weighted by Crippen LogP contribution is -2.27. The van der Waals surface area contributed by atoms with E-state index in [9.17, 15) is 0 Å². The van der Waals surface area contributed by atoms with Crippen LogP contribution in [0.5, 0.6) is 0 Å². The molecule has 2 heteroatoms. The third kappa shape index (κ3) is 5.06. The maximum absolute atomic E-state index is 15.6. The molecule has 1 spiro atoms. The Hall–Kier alpha value is -7.29. The fourth-order valence-electron chi connectivity index (χ4n) is 11.1. The SMILES string of the molecule is Cc1ccc2c(c1)C1(c3cc(F)ccc3-2)c2ccccc2-c2cccc(-c3ccc(N(c4ccc(-c5ccccc5)cc4)c4ccc5c(c4)C(C)(C)c4ccccc4-5)cc3)c21. The summed E-state index contributed by atoms with van der Waals surface area (Å²) in [5.74, 6) is -0.217. The van der Waals surface area contributed by atoms with Gasteiger partial charge in [0, 0.05) is 22.5 Å². The maximum atomic E-state index is 15.6. The molecule has 0 radical (unpaired) electrons. The smallest absolute Gasteiger partial charge is 0.123 e. The number of fused-ring (bicyclic) bond motifs is 13. The summed E-state index contributed by atoms with van der Waals surface area (Å²) < 4.78 is 15.6. The van der Waals surface area contributed by atoms with Crippen LogP contribution in [0.25, 0.3) is 55.6 Å². The van der Waals surface area contributed by atoms with Gasteiger partial charge in [-0.2, -0.15) is 0 Å². The number of anilines is 3. The fraction of sp³-hybridized carbons (Fsp3) is 0.0847. The summed E-state index contributed by atoms with van der Waals surface area (Å²) in [5, 5.41) is 0. The molecule has 61 heavy (non-hydrogen) atoms. The largest absolute Gasteiger partial charge is 0.310 e. The van der Waals surface area contributed by atoms with Crippen molar-refractivity contribution in [3.63, 3.8) is 0 Å². The second kappa shape index (κ2) is 13.1. The molecule has 1 unspecified atom stereocenters. The maximum Gasteiger partial charge on any atom is 0.123 e. The van der Waals surface area contributed by atoms with Crippen LogP contribution in [-0.4, -0.2) is 0 Å².